The molecule has 0 aromatic heterocycles. The number of aliphatic hydroxyl groups excluding tert-OH is 1. The van der Waals surface area contributed by atoms with Crippen molar-refractivity contribution in [3.63, 3.8) is 0 Å². The van der Waals surface area contributed by atoms with Crippen molar-refractivity contribution >= 4 is 11.6 Å². The smallest absolute Gasteiger partial charge is 0.122 e. The van der Waals surface area contributed by atoms with Crippen molar-refractivity contribution in [2.45, 2.75) is 44.6 Å². The van der Waals surface area contributed by atoms with Crippen LogP contribution < -0.4 is 4.74 Å². The summed E-state index contributed by atoms with van der Waals surface area (Å²) in [5.41, 5.74) is 1.01. The summed E-state index contributed by atoms with van der Waals surface area (Å²) in [5.74, 6) is 3.36. The minimum Gasteiger partial charge on any atom is -0.496 e. The molecule has 2 nitrogen and oxygen atoms in total. The molecule has 2 fully saturated rings. The largest absolute Gasteiger partial charge is 0.496 e. The van der Waals surface area contributed by atoms with Crippen LogP contribution in [0.15, 0.2) is 18.2 Å². The number of fused-ring (bicyclic) bond motifs is 2. The highest BCUT2D eigenvalue weighted by atomic mass is 35.5. The van der Waals surface area contributed by atoms with E-state index in [-0.39, 0.29) is 6.10 Å². The number of hydrogen-bond acceptors (Lipinski definition) is 2. The Morgan fingerprint density at radius 1 is 1.35 bits per heavy atom. The second-order valence-electron chi connectivity index (χ2n) is 6.48. The standard InChI is InChI=1S/C17H23ClO2/c1-20-17-5-4-15(18)8-14(17)10-16(19)9-13-7-11-2-3-12(13)6-11/h4-5,8,11-13,16,19H,2-3,6-7,9-10H2,1H3. The van der Waals surface area contributed by atoms with Crippen LogP contribution in [-0.2, 0) is 6.42 Å². The zero-order valence-electron chi connectivity index (χ0n) is 12.0. The zero-order chi connectivity index (χ0) is 14.1. The van der Waals surface area contributed by atoms with Gasteiger partial charge in [0, 0.05) is 11.4 Å². The van der Waals surface area contributed by atoms with Gasteiger partial charge >= 0.3 is 0 Å². The quantitative estimate of drug-likeness (QED) is 0.887. The van der Waals surface area contributed by atoms with Gasteiger partial charge in [0.2, 0.25) is 0 Å². The lowest BCUT2D eigenvalue weighted by molar-refractivity contribution is 0.124. The highest BCUT2D eigenvalue weighted by Gasteiger charge is 2.39. The molecule has 0 aliphatic heterocycles. The lowest BCUT2D eigenvalue weighted by Gasteiger charge is -2.24. The molecule has 3 rings (SSSR count). The third-order valence-electron chi connectivity index (χ3n) is 5.16. The second-order valence-corrected chi connectivity index (χ2v) is 6.92. The first-order chi connectivity index (χ1) is 9.65. The van der Waals surface area contributed by atoms with Crippen LogP contribution in [0.1, 0.15) is 37.7 Å². The van der Waals surface area contributed by atoms with E-state index in [1.807, 2.05) is 18.2 Å². The monoisotopic (exact) mass is 294 g/mol. The van der Waals surface area contributed by atoms with Crippen molar-refractivity contribution in [2.24, 2.45) is 17.8 Å². The van der Waals surface area contributed by atoms with Crippen LogP contribution in [0, 0.1) is 17.8 Å². The van der Waals surface area contributed by atoms with E-state index in [1.165, 1.54) is 25.7 Å². The van der Waals surface area contributed by atoms with Gasteiger partial charge in [0.15, 0.2) is 0 Å². The van der Waals surface area contributed by atoms with Crippen molar-refractivity contribution in [3.8, 4) is 5.75 Å². The Kier molecular flexibility index (Phi) is 4.23. The van der Waals surface area contributed by atoms with Crippen LogP contribution in [0.4, 0.5) is 0 Å². The van der Waals surface area contributed by atoms with Gasteiger partial charge in [-0.25, -0.2) is 0 Å². The summed E-state index contributed by atoms with van der Waals surface area (Å²) >= 11 is 6.04. The predicted molar refractivity (Wildman–Crippen MR) is 81.3 cm³/mol. The Balaban J connectivity index is 1.61. The summed E-state index contributed by atoms with van der Waals surface area (Å²) in [6, 6.07) is 5.61. The molecular weight excluding hydrogens is 272 g/mol. The van der Waals surface area contributed by atoms with E-state index in [0.717, 1.165) is 35.5 Å². The van der Waals surface area contributed by atoms with Gasteiger partial charge < -0.3 is 9.84 Å². The van der Waals surface area contributed by atoms with E-state index in [4.69, 9.17) is 16.3 Å². The molecular formula is C17H23ClO2. The van der Waals surface area contributed by atoms with Crippen molar-refractivity contribution < 1.29 is 9.84 Å². The molecule has 2 aliphatic rings. The number of hydrogen-bond donors (Lipinski definition) is 1. The molecule has 1 N–H and O–H groups in total. The molecule has 20 heavy (non-hydrogen) atoms. The average Bonchev–Trinajstić information content (AvgIpc) is 3.01. The van der Waals surface area contributed by atoms with Gasteiger partial charge in [0.1, 0.15) is 5.75 Å². The average molecular weight is 295 g/mol. The van der Waals surface area contributed by atoms with Gasteiger partial charge in [-0.1, -0.05) is 18.0 Å². The van der Waals surface area contributed by atoms with Crippen LogP contribution in [0.2, 0.25) is 5.02 Å². The molecule has 3 heteroatoms. The lowest BCUT2D eigenvalue weighted by atomic mass is 9.84. The van der Waals surface area contributed by atoms with E-state index < -0.39 is 0 Å². The lowest BCUT2D eigenvalue weighted by Crippen LogP contribution is -2.20. The molecule has 4 atom stereocenters. The molecule has 1 aromatic rings. The SMILES string of the molecule is COc1ccc(Cl)cc1CC(O)CC1CC2CCC1C2. The fraction of sp³-hybridized carbons (Fsp3) is 0.647. The molecule has 1 aromatic carbocycles. The molecule has 4 unspecified atom stereocenters. The number of rotatable bonds is 5. The minimum absolute atomic E-state index is 0.285. The van der Waals surface area contributed by atoms with Gasteiger partial charge in [-0.3, -0.25) is 0 Å². The maximum atomic E-state index is 10.4. The van der Waals surface area contributed by atoms with E-state index in [9.17, 15) is 5.11 Å². The fourth-order valence-corrected chi connectivity index (χ4v) is 4.45. The molecule has 0 heterocycles. The number of halogens is 1. The predicted octanol–water partition coefficient (Wildman–Crippen LogP) is 4.08. The normalized spacial score (nSPS) is 29.6. The molecule has 0 radical (unpaired) electrons. The highest BCUT2D eigenvalue weighted by molar-refractivity contribution is 6.30. The van der Waals surface area contributed by atoms with Crippen LogP contribution >= 0.6 is 11.6 Å². The molecule has 0 spiro atoms. The van der Waals surface area contributed by atoms with Gasteiger partial charge in [0.05, 0.1) is 13.2 Å². The number of benzene rings is 1. The Bertz CT molecular complexity index is 474. The van der Waals surface area contributed by atoms with Crippen molar-refractivity contribution in [3.05, 3.63) is 28.8 Å². The summed E-state index contributed by atoms with van der Waals surface area (Å²) < 4.78 is 5.35. The van der Waals surface area contributed by atoms with Crippen LogP contribution in [0.25, 0.3) is 0 Å². The Morgan fingerprint density at radius 2 is 2.20 bits per heavy atom. The van der Waals surface area contributed by atoms with E-state index in [0.29, 0.717) is 11.4 Å². The molecule has 110 valence electrons. The van der Waals surface area contributed by atoms with E-state index >= 15 is 0 Å². The van der Waals surface area contributed by atoms with Gasteiger partial charge in [-0.05, 0) is 67.2 Å². The van der Waals surface area contributed by atoms with Crippen LogP contribution in [0.3, 0.4) is 0 Å². The first-order valence-electron chi connectivity index (χ1n) is 7.66. The number of aliphatic hydroxyl groups is 1. The van der Waals surface area contributed by atoms with Crippen LogP contribution in [-0.4, -0.2) is 18.3 Å². The number of methoxy groups -OCH3 is 1. The van der Waals surface area contributed by atoms with E-state index in [2.05, 4.69) is 0 Å². The number of ether oxygens (including phenoxy) is 1. The Labute approximate surface area is 126 Å². The highest BCUT2D eigenvalue weighted by Crippen LogP contribution is 2.50. The summed E-state index contributed by atoms with van der Waals surface area (Å²) in [6.07, 6.45) is 6.80. The minimum atomic E-state index is -0.285. The first kappa shape index (κ1) is 14.2. The topological polar surface area (TPSA) is 29.5 Å². The fourth-order valence-electron chi connectivity index (χ4n) is 4.26. The third-order valence-corrected chi connectivity index (χ3v) is 5.39. The Morgan fingerprint density at radius 3 is 2.85 bits per heavy atom. The van der Waals surface area contributed by atoms with Crippen molar-refractivity contribution in [1.82, 2.24) is 0 Å². The maximum Gasteiger partial charge on any atom is 0.122 e. The molecule has 2 saturated carbocycles. The summed E-state index contributed by atoms with van der Waals surface area (Å²) in [6.45, 7) is 0. The molecule has 2 aliphatic carbocycles. The first-order valence-corrected chi connectivity index (χ1v) is 8.04. The van der Waals surface area contributed by atoms with Crippen LogP contribution in [0.5, 0.6) is 5.75 Å². The van der Waals surface area contributed by atoms with Gasteiger partial charge in [-0.15, -0.1) is 0 Å². The molecule has 0 saturated heterocycles. The summed E-state index contributed by atoms with van der Waals surface area (Å²) in [4.78, 5) is 0. The van der Waals surface area contributed by atoms with Crippen molar-refractivity contribution in [1.29, 1.82) is 0 Å². The summed E-state index contributed by atoms with van der Waals surface area (Å²) in [7, 11) is 1.66. The second kappa shape index (κ2) is 5.95. The van der Waals surface area contributed by atoms with Crippen molar-refractivity contribution in [2.75, 3.05) is 7.11 Å². The van der Waals surface area contributed by atoms with Gasteiger partial charge in [-0.2, -0.15) is 0 Å². The third kappa shape index (κ3) is 2.96. The molecule has 2 bridgehead atoms. The van der Waals surface area contributed by atoms with Gasteiger partial charge in [0.25, 0.3) is 0 Å². The van der Waals surface area contributed by atoms with E-state index in [1.54, 1.807) is 7.11 Å². The molecule has 0 amide bonds. The zero-order valence-corrected chi connectivity index (χ0v) is 12.8. The Hall–Kier alpha value is -0.730. The summed E-state index contributed by atoms with van der Waals surface area (Å²) in [5, 5.41) is 11.1. The maximum absolute atomic E-state index is 10.4.